The quantitative estimate of drug-likeness (QED) is 0.480. The van der Waals surface area contributed by atoms with Crippen molar-refractivity contribution in [3.05, 3.63) is 0 Å². The van der Waals surface area contributed by atoms with Gasteiger partial charge in [-0.1, -0.05) is 6.42 Å². The van der Waals surface area contributed by atoms with Gasteiger partial charge in [0, 0.05) is 0 Å². The molecule has 0 saturated carbocycles. The van der Waals surface area contributed by atoms with Gasteiger partial charge in [-0.05, 0) is 19.4 Å². The van der Waals surface area contributed by atoms with Crippen LogP contribution in [-0.2, 0) is 9.59 Å². The fraction of sp³-hybridized carbons (Fsp3) is 0.778. The van der Waals surface area contributed by atoms with E-state index in [1.54, 1.807) is 0 Å². The van der Waals surface area contributed by atoms with E-state index < -0.39 is 12.0 Å². The van der Waals surface area contributed by atoms with Crippen LogP contribution in [0.1, 0.15) is 19.3 Å². The van der Waals surface area contributed by atoms with E-state index in [1.807, 2.05) is 0 Å². The first-order chi connectivity index (χ1) is 7.49. The number of carbonyl (C=O) groups is 2. The number of carboxylic acid groups (broad SMARTS) is 1. The molecule has 104 valence electrons. The molecule has 0 unspecified atom stereocenters. The highest BCUT2D eigenvalue weighted by Crippen LogP contribution is 1.96. The molecule has 0 aromatic heterocycles. The summed E-state index contributed by atoms with van der Waals surface area (Å²) >= 11 is 10.0. The first-order valence-corrected chi connectivity index (χ1v) is 5.88. The number of halogens is 3. The van der Waals surface area contributed by atoms with Crippen LogP contribution in [0.25, 0.3) is 0 Å². The highest BCUT2D eigenvalue weighted by atomic mass is 35.5. The molecule has 17 heavy (non-hydrogen) atoms. The van der Waals surface area contributed by atoms with Crippen molar-refractivity contribution in [3.8, 4) is 0 Å². The van der Waals surface area contributed by atoms with Crippen molar-refractivity contribution in [2.75, 3.05) is 18.3 Å². The minimum absolute atomic E-state index is 0. The van der Waals surface area contributed by atoms with E-state index in [0.717, 1.165) is 12.8 Å². The van der Waals surface area contributed by atoms with E-state index in [0.29, 0.717) is 13.0 Å². The molecule has 0 aromatic rings. The van der Waals surface area contributed by atoms with E-state index >= 15 is 0 Å². The third-order valence-electron chi connectivity index (χ3n) is 1.58. The van der Waals surface area contributed by atoms with Gasteiger partial charge in [0.1, 0.15) is 6.04 Å². The van der Waals surface area contributed by atoms with Gasteiger partial charge in [0.05, 0.1) is 11.8 Å². The third-order valence-corrected chi connectivity index (χ3v) is 2.18. The summed E-state index contributed by atoms with van der Waals surface area (Å²) in [6, 6.07) is -0.716. The highest BCUT2D eigenvalue weighted by Gasteiger charge is 2.09. The zero-order valence-electron chi connectivity index (χ0n) is 9.40. The number of Topliss-reactive ketones (excluding diaryl/α,β-unsaturated/α-hetero) is 1. The average Bonchev–Trinajstić information content (AvgIpc) is 2.28. The molecule has 0 amide bonds. The number of carbonyl (C=O) groups excluding carboxylic acids is 1. The maximum Gasteiger partial charge on any atom is 0.320 e. The van der Waals surface area contributed by atoms with Crippen molar-refractivity contribution < 1.29 is 14.7 Å². The molecule has 0 saturated heterocycles. The molecule has 0 aliphatic heterocycles. The van der Waals surface area contributed by atoms with Gasteiger partial charge in [-0.2, -0.15) is 0 Å². The van der Waals surface area contributed by atoms with Crippen LogP contribution in [-0.4, -0.2) is 41.2 Å². The van der Waals surface area contributed by atoms with Crippen molar-refractivity contribution in [1.82, 2.24) is 0 Å². The van der Waals surface area contributed by atoms with E-state index in [2.05, 4.69) is 0 Å². The Morgan fingerprint density at radius 2 is 1.65 bits per heavy atom. The predicted molar refractivity (Wildman–Crippen MR) is 72.2 cm³/mol. The number of hydrogen-bond acceptors (Lipinski definition) is 4. The molecule has 0 aliphatic carbocycles. The van der Waals surface area contributed by atoms with Gasteiger partial charge in [0.2, 0.25) is 0 Å². The topological polar surface area (TPSA) is 106 Å². The Morgan fingerprint density at radius 1 is 1.18 bits per heavy atom. The Kier molecular flexibility index (Phi) is 20.7. The molecular formula is C9H19Cl3N2O3. The maximum absolute atomic E-state index is 10.1. The van der Waals surface area contributed by atoms with Gasteiger partial charge in [0.25, 0.3) is 0 Å². The lowest BCUT2D eigenvalue weighted by Gasteiger charge is -2.03. The normalized spacial score (nSPS) is 10.6. The highest BCUT2D eigenvalue weighted by molar-refractivity contribution is 6.35. The molecular weight excluding hydrogens is 290 g/mol. The van der Waals surface area contributed by atoms with Crippen LogP contribution < -0.4 is 11.5 Å². The fourth-order valence-corrected chi connectivity index (χ4v) is 0.953. The van der Waals surface area contributed by atoms with Crippen molar-refractivity contribution in [1.29, 1.82) is 0 Å². The van der Waals surface area contributed by atoms with Gasteiger partial charge in [-0.3, -0.25) is 9.59 Å². The number of aliphatic carboxylic acids is 1. The Bertz CT molecular complexity index is 200. The van der Waals surface area contributed by atoms with Crippen LogP contribution >= 0.6 is 35.6 Å². The molecule has 0 spiro atoms. The standard InChI is InChI=1S/C6H14N2O2.C3H4Cl2O.ClH/c7-4-2-1-3-5(8)6(9)10;4-1-3(6)2-5;/h5H,1-4,7-8H2,(H,9,10);1-2H2;1H/t5-;;/m0../s1. The number of alkyl halides is 2. The lowest BCUT2D eigenvalue weighted by Crippen LogP contribution is -2.29. The summed E-state index contributed by atoms with van der Waals surface area (Å²) in [6.45, 7) is 0.604. The van der Waals surface area contributed by atoms with E-state index in [-0.39, 0.29) is 30.0 Å². The first kappa shape index (κ1) is 22.1. The second-order valence-corrected chi connectivity index (χ2v) is 3.57. The average molecular weight is 310 g/mol. The monoisotopic (exact) mass is 308 g/mol. The van der Waals surface area contributed by atoms with E-state index in [4.69, 9.17) is 39.8 Å². The van der Waals surface area contributed by atoms with Crippen molar-refractivity contribution >= 4 is 47.4 Å². The van der Waals surface area contributed by atoms with Gasteiger partial charge in [-0.25, -0.2) is 0 Å². The molecule has 5 nitrogen and oxygen atoms in total. The largest absolute Gasteiger partial charge is 0.480 e. The van der Waals surface area contributed by atoms with Crippen molar-refractivity contribution in [3.63, 3.8) is 0 Å². The molecule has 1 atom stereocenters. The molecule has 8 heteroatoms. The van der Waals surface area contributed by atoms with Crippen LogP contribution in [0.5, 0.6) is 0 Å². The van der Waals surface area contributed by atoms with E-state index in [9.17, 15) is 9.59 Å². The van der Waals surface area contributed by atoms with Crippen LogP contribution in [0.4, 0.5) is 0 Å². The molecule has 0 rings (SSSR count). The minimum Gasteiger partial charge on any atom is -0.480 e. The summed E-state index contributed by atoms with van der Waals surface area (Å²) in [5.41, 5.74) is 10.4. The van der Waals surface area contributed by atoms with E-state index in [1.165, 1.54) is 0 Å². The van der Waals surface area contributed by atoms with Crippen LogP contribution in [0, 0.1) is 0 Å². The third kappa shape index (κ3) is 18.5. The molecule has 0 aromatic carbocycles. The molecule has 0 heterocycles. The first-order valence-electron chi connectivity index (χ1n) is 4.81. The number of rotatable bonds is 7. The fourth-order valence-electron chi connectivity index (χ4n) is 0.668. The van der Waals surface area contributed by atoms with Crippen molar-refractivity contribution in [2.24, 2.45) is 11.5 Å². The number of nitrogens with two attached hydrogens (primary N) is 2. The number of carboxylic acids is 1. The SMILES string of the molecule is Cl.NCCCC[C@H](N)C(=O)O.O=C(CCl)CCl. The lowest BCUT2D eigenvalue weighted by atomic mass is 10.1. The van der Waals surface area contributed by atoms with Crippen LogP contribution in [0.3, 0.4) is 0 Å². The van der Waals surface area contributed by atoms with Gasteiger partial charge in [-0.15, -0.1) is 35.6 Å². The molecule has 0 radical (unpaired) electrons. The molecule has 5 N–H and O–H groups in total. The summed E-state index contributed by atoms with van der Waals surface area (Å²) in [4.78, 5) is 20.1. The second kappa shape index (κ2) is 15.9. The maximum atomic E-state index is 10.1. The number of unbranched alkanes of at least 4 members (excludes halogenated alkanes) is 1. The summed E-state index contributed by atoms with van der Waals surface area (Å²) in [7, 11) is 0. The van der Waals surface area contributed by atoms with Crippen molar-refractivity contribution in [2.45, 2.75) is 25.3 Å². The summed E-state index contributed by atoms with van der Waals surface area (Å²) in [5, 5.41) is 8.33. The Labute approximate surface area is 117 Å². The number of hydrogen-bond donors (Lipinski definition) is 3. The summed E-state index contributed by atoms with van der Waals surface area (Å²) in [5.74, 6) is -0.997. The zero-order chi connectivity index (χ0) is 13.0. The Hall–Kier alpha value is -0.0700. The molecule has 0 aliphatic rings. The minimum atomic E-state index is -0.933. The lowest BCUT2D eigenvalue weighted by molar-refractivity contribution is -0.138. The van der Waals surface area contributed by atoms with Gasteiger partial charge >= 0.3 is 5.97 Å². The number of ketones is 1. The van der Waals surface area contributed by atoms with Gasteiger partial charge in [0.15, 0.2) is 5.78 Å². The van der Waals surface area contributed by atoms with Crippen LogP contribution in [0.15, 0.2) is 0 Å². The molecule has 0 fully saturated rings. The second-order valence-electron chi connectivity index (χ2n) is 3.04. The smallest absolute Gasteiger partial charge is 0.320 e. The summed E-state index contributed by atoms with van der Waals surface area (Å²) in [6.07, 6.45) is 2.16. The van der Waals surface area contributed by atoms with Gasteiger partial charge < -0.3 is 16.6 Å². The van der Waals surface area contributed by atoms with Crippen LogP contribution in [0.2, 0.25) is 0 Å². The Balaban J connectivity index is -0.000000244. The predicted octanol–water partition coefficient (Wildman–Crippen LogP) is 0.982. The molecule has 0 bridgehead atoms. The zero-order valence-corrected chi connectivity index (χ0v) is 11.7. The Morgan fingerprint density at radius 3 is 1.88 bits per heavy atom. The summed E-state index contributed by atoms with van der Waals surface area (Å²) < 4.78 is 0.